The van der Waals surface area contributed by atoms with Gasteiger partial charge in [-0.25, -0.2) is 9.97 Å². The molecule has 2 N–H and O–H groups in total. The van der Waals surface area contributed by atoms with Crippen LogP contribution in [0.15, 0.2) is 47.6 Å². The van der Waals surface area contributed by atoms with E-state index in [-0.39, 0.29) is 23.1 Å². The SMILES string of the molecule is CC(=O)Nc1ccc(SC(C)C(=O)NC2CCCN(c3ncccn3)C2)cc1. The van der Waals surface area contributed by atoms with Gasteiger partial charge in [-0.15, -0.1) is 11.8 Å². The Bertz CT molecular complexity index is 800. The summed E-state index contributed by atoms with van der Waals surface area (Å²) in [7, 11) is 0. The number of carbonyl (C=O) groups is 2. The fourth-order valence-electron chi connectivity index (χ4n) is 3.13. The molecule has 1 aromatic carbocycles. The second-order valence-electron chi connectivity index (χ2n) is 6.81. The molecule has 0 spiro atoms. The number of piperidine rings is 1. The van der Waals surface area contributed by atoms with Crippen LogP contribution in [0.4, 0.5) is 11.6 Å². The molecule has 0 bridgehead atoms. The van der Waals surface area contributed by atoms with Gasteiger partial charge in [0.05, 0.1) is 5.25 Å². The third-order valence-electron chi connectivity index (χ3n) is 4.46. The van der Waals surface area contributed by atoms with Gasteiger partial charge in [0.2, 0.25) is 17.8 Å². The Kier molecular flexibility index (Phi) is 6.86. The van der Waals surface area contributed by atoms with E-state index in [0.717, 1.165) is 36.5 Å². The zero-order valence-corrected chi connectivity index (χ0v) is 16.9. The molecule has 2 heterocycles. The molecule has 2 amide bonds. The Morgan fingerprint density at radius 2 is 1.93 bits per heavy atom. The Balaban J connectivity index is 1.51. The minimum atomic E-state index is -0.213. The van der Waals surface area contributed by atoms with E-state index in [9.17, 15) is 9.59 Å². The molecular formula is C20H25N5O2S. The molecule has 1 aromatic heterocycles. The van der Waals surface area contributed by atoms with Gasteiger partial charge in [-0.1, -0.05) is 0 Å². The van der Waals surface area contributed by atoms with Gasteiger partial charge in [-0.05, 0) is 50.1 Å². The van der Waals surface area contributed by atoms with Crippen LogP contribution < -0.4 is 15.5 Å². The molecule has 0 saturated carbocycles. The molecule has 148 valence electrons. The maximum atomic E-state index is 12.6. The molecule has 0 radical (unpaired) electrons. The topological polar surface area (TPSA) is 87.2 Å². The highest BCUT2D eigenvalue weighted by molar-refractivity contribution is 8.00. The van der Waals surface area contributed by atoms with Crippen molar-refractivity contribution in [3.8, 4) is 0 Å². The molecule has 2 unspecified atom stereocenters. The second-order valence-corrected chi connectivity index (χ2v) is 8.22. The molecule has 1 fully saturated rings. The number of hydrogen-bond acceptors (Lipinski definition) is 6. The first kappa shape index (κ1) is 20.1. The number of aromatic nitrogens is 2. The van der Waals surface area contributed by atoms with Gasteiger partial charge in [-0.3, -0.25) is 9.59 Å². The number of hydrogen-bond donors (Lipinski definition) is 2. The zero-order chi connectivity index (χ0) is 19.9. The van der Waals surface area contributed by atoms with Crippen LogP contribution in [0, 0.1) is 0 Å². The van der Waals surface area contributed by atoms with Crippen molar-refractivity contribution in [2.24, 2.45) is 0 Å². The van der Waals surface area contributed by atoms with Crippen LogP contribution in [0.3, 0.4) is 0 Å². The van der Waals surface area contributed by atoms with Crippen LogP contribution >= 0.6 is 11.8 Å². The predicted octanol–water partition coefficient (Wildman–Crippen LogP) is 2.70. The van der Waals surface area contributed by atoms with Crippen molar-refractivity contribution in [1.82, 2.24) is 15.3 Å². The first-order chi connectivity index (χ1) is 13.5. The Morgan fingerprint density at radius 1 is 1.21 bits per heavy atom. The molecule has 28 heavy (non-hydrogen) atoms. The van der Waals surface area contributed by atoms with E-state index >= 15 is 0 Å². The number of anilines is 2. The van der Waals surface area contributed by atoms with Crippen molar-refractivity contribution in [3.63, 3.8) is 0 Å². The average molecular weight is 400 g/mol. The van der Waals surface area contributed by atoms with E-state index in [4.69, 9.17) is 0 Å². The van der Waals surface area contributed by atoms with Crippen LogP contribution in [0.1, 0.15) is 26.7 Å². The van der Waals surface area contributed by atoms with Gasteiger partial charge < -0.3 is 15.5 Å². The Morgan fingerprint density at radius 3 is 2.61 bits per heavy atom. The standard InChI is InChI=1S/C20H25N5O2S/c1-14(28-18-8-6-16(7-9-18)23-15(2)26)19(27)24-17-5-3-12-25(13-17)20-21-10-4-11-22-20/h4,6-11,14,17H,3,5,12-13H2,1-2H3,(H,23,26)(H,24,27). The fraction of sp³-hybridized carbons (Fsp3) is 0.400. The van der Waals surface area contributed by atoms with E-state index in [0.29, 0.717) is 5.95 Å². The van der Waals surface area contributed by atoms with Crippen molar-refractivity contribution < 1.29 is 9.59 Å². The minimum absolute atomic E-state index is 0.0248. The van der Waals surface area contributed by atoms with E-state index in [1.165, 1.54) is 18.7 Å². The lowest BCUT2D eigenvalue weighted by Crippen LogP contribution is -2.49. The highest BCUT2D eigenvalue weighted by Gasteiger charge is 2.25. The summed E-state index contributed by atoms with van der Waals surface area (Å²) in [5.41, 5.74) is 0.749. The minimum Gasteiger partial charge on any atom is -0.351 e. The van der Waals surface area contributed by atoms with Gasteiger partial charge >= 0.3 is 0 Å². The van der Waals surface area contributed by atoms with Crippen molar-refractivity contribution in [2.45, 2.75) is 42.9 Å². The molecule has 8 heteroatoms. The summed E-state index contributed by atoms with van der Waals surface area (Å²) in [5, 5.41) is 5.69. The fourth-order valence-corrected chi connectivity index (χ4v) is 4.00. The third kappa shape index (κ3) is 5.69. The normalized spacial score (nSPS) is 17.6. The Hall–Kier alpha value is -2.61. The number of carbonyl (C=O) groups excluding carboxylic acids is 2. The van der Waals surface area contributed by atoms with Crippen LogP contribution in [0.5, 0.6) is 0 Å². The highest BCUT2D eigenvalue weighted by Crippen LogP contribution is 2.25. The summed E-state index contributed by atoms with van der Waals surface area (Å²) in [6, 6.07) is 9.40. The van der Waals surface area contributed by atoms with Crippen molar-refractivity contribution in [2.75, 3.05) is 23.3 Å². The molecule has 1 aliphatic heterocycles. The van der Waals surface area contributed by atoms with Gasteiger partial charge in [0.1, 0.15) is 0 Å². The lowest BCUT2D eigenvalue weighted by molar-refractivity contribution is -0.121. The number of nitrogens with one attached hydrogen (secondary N) is 2. The molecule has 1 saturated heterocycles. The second kappa shape index (κ2) is 9.54. The number of thioether (sulfide) groups is 1. The summed E-state index contributed by atoms with van der Waals surface area (Å²) in [6.07, 6.45) is 5.42. The average Bonchev–Trinajstić information content (AvgIpc) is 2.70. The number of amides is 2. The van der Waals surface area contributed by atoms with E-state index in [1.807, 2.05) is 31.2 Å². The first-order valence-electron chi connectivity index (χ1n) is 9.38. The maximum absolute atomic E-state index is 12.6. The summed E-state index contributed by atoms with van der Waals surface area (Å²) in [5.74, 6) is 0.635. The molecule has 1 aliphatic rings. The highest BCUT2D eigenvalue weighted by atomic mass is 32.2. The van der Waals surface area contributed by atoms with Gasteiger partial charge in [0.25, 0.3) is 0 Å². The number of nitrogens with zero attached hydrogens (tertiary/aromatic N) is 3. The van der Waals surface area contributed by atoms with Crippen LogP contribution in [-0.2, 0) is 9.59 Å². The maximum Gasteiger partial charge on any atom is 0.233 e. The molecule has 0 aliphatic carbocycles. The third-order valence-corrected chi connectivity index (χ3v) is 5.57. The van der Waals surface area contributed by atoms with E-state index in [1.54, 1.807) is 18.5 Å². The van der Waals surface area contributed by atoms with Crippen LogP contribution in [0.2, 0.25) is 0 Å². The van der Waals surface area contributed by atoms with Crippen molar-refractivity contribution >= 4 is 35.2 Å². The first-order valence-corrected chi connectivity index (χ1v) is 10.3. The molecule has 3 rings (SSSR count). The molecule has 7 nitrogen and oxygen atoms in total. The van der Waals surface area contributed by atoms with E-state index in [2.05, 4.69) is 25.5 Å². The quantitative estimate of drug-likeness (QED) is 0.727. The van der Waals surface area contributed by atoms with Gasteiger partial charge in [0, 0.05) is 49.0 Å². The number of benzene rings is 1. The summed E-state index contributed by atoms with van der Waals surface area (Å²) in [6.45, 7) is 5.01. The summed E-state index contributed by atoms with van der Waals surface area (Å²) >= 11 is 1.50. The zero-order valence-electron chi connectivity index (χ0n) is 16.1. The smallest absolute Gasteiger partial charge is 0.233 e. The van der Waals surface area contributed by atoms with Crippen LogP contribution in [-0.4, -0.2) is 46.2 Å². The predicted molar refractivity (Wildman–Crippen MR) is 111 cm³/mol. The van der Waals surface area contributed by atoms with Crippen molar-refractivity contribution in [1.29, 1.82) is 0 Å². The van der Waals surface area contributed by atoms with Gasteiger partial charge in [0.15, 0.2) is 0 Å². The molecular weight excluding hydrogens is 374 g/mol. The number of rotatable bonds is 6. The summed E-state index contributed by atoms with van der Waals surface area (Å²) in [4.78, 5) is 35.4. The van der Waals surface area contributed by atoms with Crippen LogP contribution in [0.25, 0.3) is 0 Å². The largest absolute Gasteiger partial charge is 0.351 e. The monoisotopic (exact) mass is 399 g/mol. The summed E-state index contributed by atoms with van der Waals surface area (Å²) < 4.78 is 0. The Labute approximate surface area is 169 Å². The lowest BCUT2D eigenvalue weighted by atomic mass is 10.1. The van der Waals surface area contributed by atoms with Crippen molar-refractivity contribution in [3.05, 3.63) is 42.7 Å². The van der Waals surface area contributed by atoms with Gasteiger partial charge in [-0.2, -0.15) is 0 Å². The molecule has 2 aromatic rings. The van der Waals surface area contributed by atoms with E-state index < -0.39 is 0 Å². The lowest BCUT2D eigenvalue weighted by Gasteiger charge is -2.33. The molecule has 2 atom stereocenters.